The second-order valence-corrected chi connectivity index (χ2v) is 5.65. The Balaban J connectivity index is 2.13. The molecule has 1 heterocycles. The van der Waals surface area contributed by atoms with Crippen molar-refractivity contribution >= 4 is 34.3 Å². The van der Waals surface area contributed by atoms with E-state index in [1.54, 1.807) is 11.8 Å². The summed E-state index contributed by atoms with van der Waals surface area (Å²) in [4.78, 5) is 13.0. The Morgan fingerprint density at radius 1 is 1.65 bits per heavy atom. The van der Waals surface area contributed by atoms with Gasteiger partial charge in [0.25, 0.3) is 0 Å². The number of carbonyl (C=O) groups is 1. The maximum atomic E-state index is 10.9. The van der Waals surface area contributed by atoms with Gasteiger partial charge in [-0.25, -0.2) is 0 Å². The molecule has 4 nitrogen and oxygen atoms in total. The van der Waals surface area contributed by atoms with Crippen molar-refractivity contribution in [2.24, 2.45) is 0 Å². The predicted molar refractivity (Wildman–Crippen MR) is 73.3 cm³/mol. The van der Waals surface area contributed by atoms with Crippen LogP contribution in [0, 0.1) is 0 Å². The summed E-state index contributed by atoms with van der Waals surface area (Å²) >= 11 is 6.96. The molecule has 1 aliphatic rings. The molecule has 0 saturated carbocycles. The highest BCUT2D eigenvalue weighted by Gasteiger charge is 2.22. The third-order valence-electron chi connectivity index (χ3n) is 2.72. The van der Waals surface area contributed by atoms with E-state index in [1.165, 1.54) is 7.11 Å². The van der Waals surface area contributed by atoms with Gasteiger partial charge >= 0.3 is 5.97 Å². The van der Waals surface area contributed by atoms with Gasteiger partial charge in [-0.3, -0.25) is 4.79 Å². The van der Waals surface area contributed by atoms with E-state index in [9.17, 15) is 4.79 Å². The monoisotopic (exact) mass is 277 g/mol. The minimum absolute atomic E-state index is 0.158. The fourth-order valence-corrected chi connectivity index (χ4v) is 2.77. The lowest BCUT2D eigenvalue weighted by Gasteiger charge is -2.25. The van der Waals surface area contributed by atoms with Crippen molar-refractivity contribution in [3.63, 3.8) is 0 Å². The second kappa shape index (κ2) is 7.89. The molecule has 0 radical (unpaired) electrons. The topological polar surface area (TPSA) is 38.8 Å². The van der Waals surface area contributed by atoms with E-state index in [0.717, 1.165) is 36.1 Å². The molecule has 0 bridgehead atoms. The van der Waals surface area contributed by atoms with Crippen LogP contribution in [-0.2, 0) is 14.3 Å². The first-order valence-electron chi connectivity index (χ1n) is 5.69. The fourth-order valence-electron chi connectivity index (χ4n) is 1.56. The number of ether oxygens (including phenoxy) is 2. The van der Waals surface area contributed by atoms with Crippen LogP contribution in [0.2, 0.25) is 0 Å². The molecule has 1 atom stereocenters. The molecule has 1 rings (SSSR count). The Bertz CT molecular complexity index is 267. The van der Waals surface area contributed by atoms with Crippen molar-refractivity contribution in [1.29, 1.82) is 0 Å². The van der Waals surface area contributed by atoms with Crippen LogP contribution in [0.25, 0.3) is 0 Å². The molecular weight excluding hydrogens is 258 g/mol. The van der Waals surface area contributed by atoms with E-state index in [1.807, 2.05) is 7.05 Å². The van der Waals surface area contributed by atoms with Crippen molar-refractivity contribution in [1.82, 2.24) is 4.90 Å². The van der Waals surface area contributed by atoms with Crippen molar-refractivity contribution in [2.45, 2.75) is 25.3 Å². The van der Waals surface area contributed by atoms with E-state index >= 15 is 0 Å². The fraction of sp³-hybridized carbons (Fsp3) is 0.818. The normalized spacial score (nSPS) is 19.1. The van der Waals surface area contributed by atoms with Crippen molar-refractivity contribution < 1.29 is 14.3 Å². The van der Waals surface area contributed by atoms with Gasteiger partial charge in [-0.1, -0.05) is 24.0 Å². The molecule has 0 spiro atoms. The molecule has 0 aliphatic carbocycles. The Morgan fingerprint density at radius 2 is 2.41 bits per heavy atom. The van der Waals surface area contributed by atoms with Crippen LogP contribution in [0.3, 0.4) is 0 Å². The molecule has 17 heavy (non-hydrogen) atoms. The van der Waals surface area contributed by atoms with Crippen LogP contribution in [0.4, 0.5) is 0 Å². The van der Waals surface area contributed by atoms with Crippen LogP contribution in [0.5, 0.6) is 0 Å². The second-order valence-electron chi connectivity index (χ2n) is 3.92. The highest BCUT2D eigenvalue weighted by molar-refractivity contribution is 8.22. The zero-order chi connectivity index (χ0) is 12.7. The molecule has 1 unspecified atom stereocenters. The van der Waals surface area contributed by atoms with Crippen LogP contribution in [0.15, 0.2) is 0 Å². The summed E-state index contributed by atoms with van der Waals surface area (Å²) in [7, 11) is 3.42. The van der Waals surface area contributed by atoms with Gasteiger partial charge in [0.2, 0.25) is 0 Å². The van der Waals surface area contributed by atoms with Crippen LogP contribution in [-0.4, -0.2) is 54.4 Å². The molecule has 1 saturated heterocycles. The lowest BCUT2D eigenvalue weighted by Crippen LogP contribution is -2.34. The third kappa shape index (κ3) is 5.23. The lowest BCUT2D eigenvalue weighted by atomic mass is 10.2. The first-order valence-corrected chi connectivity index (χ1v) is 7.08. The SMILES string of the molecule is COC(=O)CCCSC(=S)N(C)C1CCOC1. The Morgan fingerprint density at radius 3 is 3.00 bits per heavy atom. The lowest BCUT2D eigenvalue weighted by molar-refractivity contribution is -0.140. The van der Waals surface area contributed by atoms with Crippen molar-refractivity contribution in [2.75, 3.05) is 33.1 Å². The largest absolute Gasteiger partial charge is 0.469 e. The predicted octanol–water partition coefficient (Wildman–Crippen LogP) is 1.68. The zero-order valence-corrected chi connectivity index (χ0v) is 11.9. The maximum Gasteiger partial charge on any atom is 0.305 e. The number of thioether (sulfide) groups is 1. The average Bonchev–Trinajstić information content (AvgIpc) is 2.86. The third-order valence-corrected chi connectivity index (χ3v) is 4.39. The van der Waals surface area contributed by atoms with E-state index in [4.69, 9.17) is 17.0 Å². The average molecular weight is 277 g/mol. The number of hydrogen-bond acceptors (Lipinski definition) is 5. The van der Waals surface area contributed by atoms with Gasteiger partial charge in [-0.15, -0.1) is 0 Å². The summed E-state index contributed by atoms with van der Waals surface area (Å²) in [6.07, 6.45) is 2.30. The number of thiocarbonyl (C=S) groups is 1. The molecule has 1 fully saturated rings. The molecule has 6 heteroatoms. The van der Waals surface area contributed by atoms with Gasteiger partial charge in [0.15, 0.2) is 0 Å². The van der Waals surface area contributed by atoms with Crippen molar-refractivity contribution in [3.8, 4) is 0 Å². The molecule has 0 aromatic heterocycles. The number of esters is 1. The Kier molecular flexibility index (Phi) is 6.84. The highest BCUT2D eigenvalue weighted by Crippen LogP contribution is 2.17. The summed E-state index contributed by atoms with van der Waals surface area (Å²) in [6, 6.07) is 0.413. The minimum Gasteiger partial charge on any atom is -0.469 e. The summed E-state index contributed by atoms with van der Waals surface area (Å²) in [6.45, 7) is 1.59. The summed E-state index contributed by atoms with van der Waals surface area (Å²) < 4.78 is 10.8. The number of carbonyl (C=O) groups excluding carboxylic acids is 1. The van der Waals surface area contributed by atoms with Gasteiger partial charge in [0.05, 0.1) is 19.8 Å². The summed E-state index contributed by atoms with van der Waals surface area (Å²) in [5, 5.41) is 0. The molecule has 1 aliphatic heterocycles. The van der Waals surface area contributed by atoms with Gasteiger partial charge in [0.1, 0.15) is 4.32 Å². The van der Waals surface area contributed by atoms with Crippen LogP contribution >= 0.6 is 24.0 Å². The summed E-state index contributed by atoms with van der Waals surface area (Å²) in [5.74, 6) is 0.695. The molecule has 0 amide bonds. The Labute approximate surface area is 112 Å². The number of likely N-dealkylation sites (N-methyl/N-ethyl adjacent to an activating group) is 1. The molecule has 0 N–H and O–H groups in total. The molecule has 0 aromatic carbocycles. The van der Waals surface area contributed by atoms with E-state index in [0.29, 0.717) is 12.5 Å². The van der Waals surface area contributed by atoms with Gasteiger partial charge in [-0.05, 0) is 12.8 Å². The maximum absolute atomic E-state index is 10.9. The number of nitrogens with zero attached hydrogens (tertiary/aromatic N) is 1. The minimum atomic E-state index is -0.158. The quantitative estimate of drug-likeness (QED) is 0.432. The van der Waals surface area contributed by atoms with E-state index in [-0.39, 0.29) is 5.97 Å². The van der Waals surface area contributed by atoms with Crippen molar-refractivity contribution in [3.05, 3.63) is 0 Å². The van der Waals surface area contributed by atoms with Crippen LogP contribution < -0.4 is 0 Å². The zero-order valence-electron chi connectivity index (χ0n) is 10.3. The Hall–Kier alpha value is -0.330. The van der Waals surface area contributed by atoms with Gasteiger partial charge in [-0.2, -0.15) is 0 Å². The first-order chi connectivity index (χ1) is 8.15. The number of methoxy groups -OCH3 is 1. The summed E-state index contributed by atoms with van der Waals surface area (Å²) in [5.41, 5.74) is 0. The number of hydrogen-bond donors (Lipinski definition) is 0. The highest BCUT2D eigenvalue weighted by atomic mass is 32.2. The van der Waals surface area contributed by atoms with E-state index < -0.39 is 0 Å². The first kappa shape index (κ1) is 14.7. The number of rotatable bonds is 5. The molecular formula is C11H19NO3S2. The molecule has 0 aromatic rings. The van der Waals surface area contributed by atoms with Gasteiger partial charge in [0, 0.05) is 25.8 Å². The van der Waals surface area contributed by atoms with Gasteiger partial charge < -0.3 is 14.4 Å². The van der Waals surface area contributed by atoms with E-state index in [2.05, 4.69) is 9.64 Å². The van der Waals surface area contributed by atoms with Crippen LogP contribution in [0.1, 0.15) is 19.3 Å². The molecule has 98 valence electrons. The smallest absolute Gasteiger partial charge is 0.305 e. The standard InChI is InChI=1S/C11H19NO3S2/c1-12(9-5-6-15-8-9)11(16)17-7-3-4-10(13)14-2/h9H,3-8H2,1-2H3.